The van der Waals surface area contributed by atoms with E-state index in [0.717, 1.165) is 5.69 Å². The fraction of sp³-hybridized carbons (Fsp3) is 0.190. The lowest BCUT2D eigenvalue weighted by Crippen LogP contribution is -2.11. The van der Waals surface area contributed by atoms with Crippen LogP contribution < -0.4 is 0 Å². The number of benzene rings is 1. The van der Waals surface area contributed by atoms with Gasteiger partial charge in [-0.1, -0.05) is 16.9 Å². The Balaban J connectivity index is 1.43. The van der Waals surface area contributed by atoms with Gasteiger partial charge in [-0.15, -0.1) is 10.2 Å². The number of non-ortho nitro benzene ring substituents is 1. The zero-order chi connectivity index (χ0) is 23.4. The maximum atomic E-state index is 12.8. The van der Waals surface area contributed by atoms with Gasteiger partial charge in [0.05, 0.1) is 16.2 Å². The summed E-state index contributed by atoms with van der Waals surface area (Å²) in [5, 5.41) is 23.1. The highest BCUT2D eigenvalue weighted by molar-refractivity contribution is 7.98. The zero-order valence-corrected chi connectivity index (χ0v) is 18.3. The van der Waals surface area contributed by atoms with Gasteiger partial charge in [-0.05, 0) is 38.1 Å². The normalized spacial score (nSPS) is 11.8. The maximum absolute atomic E-state index is 12.8. The number of ether oxygens (including phenoxy) is 1. The Morgan fingerprint density at radius 2 is 2.03 bits per heavy atom. The number of aryl methyl sites for hydroxylation is 1. The number of rotatable bonds is 8. The van der Waals surface area contributed by atoms with E-state index >= 15 is 0 Å². The lowest BCUT2D eigenvalue weighted by molar-refractivity contribution is -0.384. The molecule has 0 aliphatic heterocycles. The van der Waals surface area contributed by atoms with Crippen molar-refractivity contribution in [3.63, 3.8) is 0 Å². The lowest BCUT2D eigenvalue weighted by atomic mass is 10.2. The highest BCUT2D eigenvalue weighted by Crippen LogP contribution is 2.28. The summed E-state index contributed by atoms with van der Waals surface area (Å²) in [6.07, 6.45) is 0.762. The Hall–Kier alpha value is -4.06. The molecule has 4 aromatic rings. The average Bonchev–Trinajstić information content (AvgIpc) is 3.47. The topological polar surface area (TPSA) is 147 Å². The van der Waals surface area contributed by atoms with Crippen LogP contribution in [0.4, 0.5) is 5.69 Å². The van der Waals surface area contributed by atoms with Gasteiger partial charge in [0.1, 0.15) is 10.8 Å². The Morgan fingerprint density at radius 3 is 2.73 bits per heavy atom. The number of carbonyl (C=O) groups excluding carboxylic acids is 1. The minimum atomic E-state index is -0.826. The molecule has 0 N–H and O–H groups in total. The van der Waals surface area contributed by atoms with Gasteiger partial charge in [0.15, 0.2) is 6.10 Å². The van der Waals surface area contributed by atoms with E-state index in [1.165, 1.54) is 36.0 Å². The van der Waals surface area contributed by atoms with E-state index in [9.17, 15) is 14.9 Å². The summed E-state index contributed by atoms with van der Waals surface area (Å²) in [5.74, 6) is 0.834. The molecule has 1 aromatic carbocycles. The summed E-state index contributed by atoms with van der Waals surface area (Å²) in [6, 6.07) is 10.8. The molecular weight excluding hydrogens is 450 g/mol. The smallest absolute Gasteiger partial charge is 0.341 e. The number of esters is 1. The van der Waals surface area contributed by atoms with Crippen molar-refractivity contribution in [1.82, 2.24) is 20.3 Å². The fourth-order valence-electron chi connectivity index (χ4n) is 2.81. The van der Waals surface area contributed by atoms with E-state index < -0.39 is 17.0 Å². The van der Waals surface area contributed by atoms with Crippen molar-refractivity contribution < 1.29 is 23.4 Å². The number of pyridine rings is 1. The number of aromatic nitrogens is 4. The molecule has 0 radical (unpaired) electrons. The molecule has 0 fully saturated rings. The van der Waals surface area contributed by atoms with Gasteiger partial charge in [-0.2, -0.15) is 0 Å². The molecule has 3 heterocycles. The summed E-state index contributed by atoms with van der Waals surface area (Å²) < 4.78 is 16.2. The predicted molar refractivity (Wildman–Crippen MR) is 115 cm³/mol. The summed E-state index contributed by atoms with van der Waals surface area (Å²) >= 11 is 1.34. The molecule has 3 aromatic heterocycles. The molecule has 168 valence electrons. The molecule has 1 atom stereocenters. The van der Waals surface area contributed by atoms with Crippen molar-refractivity contribution in [2.45, 2.75) is 30.7 Å². The predicted octanol–water partition coefficient (Wildman–Crippen LogP) is 4.55. The van der Waals surface area contributed by atoms with Gasteiger partial charge in [-0.25, -0.2) is 9.78 Å². The van der Waals surface area contributed by atoms with Gasteiger partial charge in [0.25, 0.3) is 11.6 Å². The van der Waals surface area contributed by atoms with E-state index in [2.05, 4.69) is 20.3 Å². The molecule has 0 aliphatic rings. The van der Waals surface area contributed by atoms with Crippen molar-refractivity contribution in [2.24, 2.45) is 0 Å². The number of nitro groups is 1. The highest BCUT2D eigenvalue weighted by atomic mass is 32.2. The summed E-state index contributed by atoms with van der Waals surface area (Å²) in [6.45, 7) is 3.41. The van der Waals surface area contributed by atoms with Crippen LogP contribution in [0, 0.1) is 17.0 Å². The largest absolute Gasteiger partial charge is 0.449 e. The van der Waals surface area contributed by atoms with Crippen molar-refractivity contribution >= 4 is 23.4 Å². The minimum Gasteiger partial charge on any atom is -0.449 e. The van der Waals surface area contributed by atoms with Crippen LogP contribution in [0.25, 0.3) is 11.5 Å². The van der Waals surface area contributed by atoms with Crippen LogP contribution in [0.2, 0.25) is 0 Å². The van der Waals surface area contributed by atoms with Crippen molar-refractivity contribution in [1.29, 1.82) is 0 Å². The van der Waals surface area contributed by atoms with Gasteiger partial charge < -0.3 is 13.7 Å². The van der Waals surface area contributed by atoms with E-state index in [1.807, 2.05) is 6.07 Å². The van der Waals surface area contributed by atoms with Gasteiger partial charge >= 0.3 is 5.97 Å². The Morgan fingerprint density at radius 1 is 1.24 bits per heavy atom. The number of nitro benzene ring substituents is 1. The van der Waals surface area contributed by atoms with Gasteiger partial charge in [0, 0.05) is 35.7 Å². The molecule has 12 heteroatoms. The quantitative estimate of drug-likeness (QED) is 0.155. The molecule has 0 bridgehead atoms. The molecule has 0 amide bonds. The second kappa shape index (κ2) is 9.61. The van der Waals surface area contributed by atoms with Crippen LogP contribution in [-0.2, 0) is 10.5 Å². The van der Waals surface area contributed by atoms with Crippen molar-refractivity contribution in [3.05, 3.63) is 81.7 Å². The van der Waals surface area contributed by atoms with Crippen LogP contribution in [0.15, 0.2) is 62.6 Å². The Kier molecular flexibility index (Phi) is 6.45. The number of hydrogen-bond acceptors (Lipinski definition) is 11. The number of carbonyl (C=O) groups is 1. The first kappa shape index (κ1) is 22.1. The molecule has 0 saturated heterocycles. The SMILES string of the molecule is Cc1cc(CSc2ncccc2C(=O)OC(C)c2nnc(-c3ccc([N+](=O)[O-])cc3)o2)no1. The van der Waals surface area contributed by atoms with E-state index in [1.54, 1.807) is 32.2 Å². The second-order valence-electron chi connectivity index (χ2n) is 6.87. The van der Waals surface area contributed by atoms with Crippen molar-refractivity contribution in [2.75, 3.05) is 0 Å². The van der Waals surface area contributed by atoms with Crippen molar-refractivity contribution in [3.8, 4) is 11.5 Å². The first-order valence-corrected chi connectivity index (χ1v) is 10.7. The highest BCUT2D eigenvalue weighted by Gasteiger charge is 2.22. The Labute approximate surface area is 191 Å². The minimum absolute atomic E-state index is 0.0513. The molecule has 11 nitrogen and oxygen atoms in total. The zero-order valence-electron chi connectivity index (χ0n) is 17.5. The molecule has 1 unspecified atom stereocenters. The fourth-order valence-corrected chi connectivity index (χ4v) is 3.67. The third-order valence-electron chi connectivity index (χ3n) is 4.42. The average molecular weight is 467 g/mol. The first-order chi connectivity index (χ1) is 15.9. The number of hydrogen-bond donors (Lipinski definition) is 0. The van der Waals surface area contributed by atoms with Crippen LogP contribution in [0.5, 0.6) is 0 Å². The van der Waals surface area contributed by atoms with Crippen LogP contribution in [0.1, 0.15) is 40.7 Å². The third kappa shape index (κ3) is 5.23. The van der Waals surface area contributed by atoms with Crippen LogP contribution >= 0.6 is 11.8 Å². The van der Waals surface area contributed by atoms with Gasteiger partial charge in [-0.3, -0.25) is 10.1 Å². The Bertz CT molecular complexity index is 1290. The van der Waals surface area contributed by atoms with E-state index in [0.29, 0.717) is 27.7 Å². The van der Waals surface area contributed by atoms with Crippen LogP contribution in [-0.4, -0.2) is 31.2 Å². The molecular formula is C21H17N5O6S. The molecule has 4 rings (SSSR count). The third-order valence-corrected chi connectivity index (χ3v) is 5.46. The lowest BCUT2D eigenvalue weighted by Gasteiger charge is -2.11. The summed E-state index contributed by atoms with van der Waals surface area (Å²) in [4.78, 5) is 27.3. The number of nitrogens with zero attached hydrogens (tertiary/aromatic N) is 5. The molecule has 0 spiro atoms. The second-order valence-corrected chi connectivity index (χ2v) is 7.83. The van der Waals surface area contributed by atoms with Crippen LogP contribution in [0.3, 0.4) is 0 Å². The maximum Gasteiger partial charge on any atom is 0.341 e. The first-order valence-electron chi connectivity index (χ1n) is 9.70. The molecule has 0 aliphatic carbocycles. The van der Waals surface area contributed by atoms with E-state index in [4.69, 9.17) is 13.7 Å². The summed E-state index contributed by atoms with van der Waals surface area (Å²) in [7, 11) is 0. The van der Waals surface area contributed by atoms with Gasteiger partial charge in [0.2, 0.25) is 5.89 Å². The number of thioether (sulfide) groups is 1. The summed E-state index contributed by atoms with van der Waals surface area (Å²) in [5.41, 5.74) is 1.49. The molecule has 33 heavy (non-hydrogen) atoms. The monoisotopic (exact) mass is 467 g/mol. The van der Waals surface area contributed by atoms with E-state index in [-0.39, 0.29) is 17.5 Å². The standard InChI is InChI=1S/C21H17N5O6S/c1-12-10-15(25-32-12)11-33-20-17(4-3-9-22-20)21(27)30-13(2)18-23-24-19(31-18)14-5-7-16(8-6-14)26(28)29/h3-10,13H,11H2,1-2H3. The molecule has 0 saturated carbocycles.